The number of Topliss-reactive ketones (excluding diaryl/α,β-unsaturated/α-hetero) is 1. The number of para-hydroxylation sites is 1. The van der Waals surface area contributed by atoms with Gasteiger partial charge in [0.2, 0.25) is 5.95 Å². The summed E-state index contributed by atoms with van der Waals surface area (Å²) in [7, 11) is -3.85. The Morgan fingerprint density at radius 1 is 0.903 bits per heavy atom. The first-order chi connectivity index (χ1) is 14.9. The zero-order valence-electron chi connectivity index (χ0n) is 17.1. The average molecular weight is 438 g/mol. The Morgan fingerprint density at radius 3 is 2.19 bits per heavy atom. The average Bonchev–Trinajstić information content (AvgIpc) is 2.80. The van der Waals surface area contributed by atoms with Crippen molar-refractivity contribution in [1.29, 1.82) is 0 Å². The van der Waals surface area contributed by atoms with Crippen molar-refractivity contribution in [3.63, 3.8) is 0 Å². The molecule has 8 nitrogen and oxygen atoms in total. The SMILES string of the molecule is CC(=O)c1cccc(S(=O)(=O)Nc2cnc(N3CCN(c4ccccc4)CC3)nc2)c1. The first kappa shape index (κ1) is 20.8. The van der Waals surface area contributed by atoms with Crippen LogP contribution in [0.5, 0.6) is 0 Å². The van der Waals surface area contributed by atoms with E-state index in [2.05, 4.69) is 36.6 Å². The number of nitrogens with zero attached hydrogens (tertiary/aromatic N) is 4. The molecule has 4 rings (SSSR count). The molecule has 9 heteroatoms. The molecular formula is C22H23N5O3S. The van der Waals surface area contributed by atoms with Gasteiger partial charge in [0.1, 0.15) is 0 Å². The molecule has 0 amide bonds. The molecule has 0 saturated carbocycles. The highest BCUT2D eigenvalue weighted by molar-refractivity contribution is 7.92. The maximum atomic E-state index is 12.6. The Hall–Kier alpha value is -3.46. The van der Waals surface area contributed by atoms with Crippen LogP contribution in [0.2, 0.25) is 0 Å². The van der Waals surface area contributed by atoms with Gasteiger partial charge in [-0.15, -0.1) is 0 Å². The van der Waals surface area contributed by atoms with Crippen LogP contribution >= 0.6 is 0 Å². The van der Waals surface area contributed by atoms with Gasteiger partial charge in [0.15, 0.2) is 5.78 Å². The van der Waals surface area contributed by atoms with E-state index in [-0.39, 0.29) is 16.4 Å². The lowest BCUT2D eigenvalue weighted by Crippen LogP contribution is -2.47. The summed E-state index contributed by atoms with van der Waals surface area (Å²) in [5.41, 5.74) is 1.80. The summed E-state index contributed by atoms with van der Waals surface area (Å²) < 4.78 is 27.7. The number of hydrogen-bond acceptors (Lipinski definition) is 7. The minimum atomic E-state index is -3.85. The van der Waals surface area contributed by atoms with Gasteiger partial charge in [-0.2, -0.15) is 0 Å². The van der Waals surface area contributed by atoms with Gasteiger partial charge in [-0.3, -0.25) is 9.52 Å². The van der Waals surface area contributed by atoms with Crippen molar-refractivity contribution >= 4 is 33.1 Å². The van der Waals surface area contributed by atoms with Crippen molar-refractivity contribution in [2.45, 2.75) is 11.8 Å². The second-order valence-corrected chi connectivity index (χ2v) is 8.95. The number of nitrogens with one attached hydrogen (secondary N) is 1. The highest BCUT2D eigenvalue weighted by atomic mass is 32.2. The van der Waals surface area contributed by atoms with Crippen molar-refractivity contribution in [2.75, 3.05) is 40.7 Å². The molecule has 3 aromatic rings. The largest absolute Gasteiger partial charge is 0.368 e. The van der Waals surface area contributed by atoms with Gasteiger partial charge < -0.3 is 9.80 Å². The summed E-state index contributed by atoms with van der Waals surface area (Å²) in [6, 6.07) is 16.2. The summed E-state index contributed by atoms with van der Waals surface area (Å²) in [5.74, 6) is 0.367. The maximum Gasteiger partial charge on any atom is 0.262 e. The molecule has 0 atom stereocenters. The molecule has 1 aliphatic rings. The van der Waals surface area contributed by atoms with Crippen LogP contribution in [-0.4, -0.2) is 50.3 Å². The lowest BCUT2D eigenvalue weighted by molar-refractivity contribution is 0.101. The Labute approximate surface area is 181 Å². The zero-order chi connectivity index (χ0) is 21.8. The highest BCUT2D eigenvalue weighted by Gasteiger charge is 2.20. The number of carbonyl (C=O) groups excluding carboxylic acids is 1. The Bertz CT molecular complexity index is 1160. The van der Waals surface area contributed by atoms with E-state index in [1.54, 1.807) is 12.1 Å². The van der Waals surface area contributed by atoms with Crippen molar-refractivity contribution in [3.05, 3.63) is 72.6 Å². The molecule has 1 fully saturated rings. The van der Waals surface area contributed by atoms with E-state index >= 15 is 0 Å². The fourth-order valence-corrected chi connectivity index (χ4v) is 4.51. The number of aromatic nitrogens is 2. The Kier molecular flexibility index (Phi) is 5.85. The van der Waals surface area contributed by atoms with Crippen molar-refractivity contribution in [1.82, 2.24) is 9.97 Å². The molecule has 1 aliphatic heterocycles. The lowest BCUT2D eigenvalue weighted by atomic mass is 10.2. The smallest absolute Gasteiger partial charge is 0.262 e. The van der Waals surface area contributed by atoms with Crippen LogP contribution < -0.4 is 14.5 Å². The third-order valence-electron chi connectivity index (χ3n) is 5.13. The molecule has 0 radical (unpaired) electrons. The number of rotatable bonds is 6. The van der Waals surface area contributed by atoms with E-state index in [4.69, 9.17) is 0 Å². The summed E-state index contributed by atoms with van der Waals surface area (Å²) in [4.78, 5) is 24.6. The number of ketones is 1. The number of anilines is 3. The van der Waals surface area contributed by atoms with Crippen LogP contribution in [0.3, 0.4) is 0 Å². The topological polar surface area (TPSA) is 95.5 Å². The van der Waals surface area contributed by atoms with Crippen molar-refractivity contribution < 1.29 is 13.2 Å². The van der Waals surface area contributed by atoms with Crippen LogP contribution in [0.1, 0.15) is 17.3 Å². The molecule has 2 aromatic carbocycles. The van der Waals surface area contributed by atoms with E-state index in [0.29, 0.717) is 11.5 Å². The molecule has 160 valence electrons. The summed E-state index contributed by atoms with van der Waals surface area (Å²) in [5, 5.41) is 0. The zero-order valence-corrected chi connectivity index (χ0v) is 17.9. The predicted molar refractivity (Wildman–Crippen MR) is 120 cm³/mol. The summed E-state index contributed by atoms with van der Waals surface area (Å²) in [6.45, 7) is 4.66. The van der Waals surface area contributed by atoms with E-state index in [9.17, 15) is 13.2 Å². The summed E-state index contributed by atoms with van der Waals surface area (Å²) >= 11 is 0. The number of benzene rings is 2. The first-order valence-corrected chi connectivity index (χ1v) is 11.4. The van der Waals surface area contributed by atoms with Gasteiger partial charge in [0.25, 0.3) is 10.0 Å². The highest BCUT2D eigenvalue weighted by Crippen LogP contribution is 2.20. The quantitative estimate of drug-likeness (QED) is 0.593. The fraction of sp³-hybridized carbons (Fsp3) is 0.227. The van der Waals surface area contributed by atoms with Crippen molar-refractivity contribution in [3.8, 4) is 0 Å². The van der Waals surface area contributed by atoms with Crippen molar-refractivity contribution in [2.24, 2.45) is 0 Å². The molecule has 1 N–H and O–H groups in total. The van der Waals surface area contributed by atoms with Gasteiger partial charge in [-0.1, -0.05) is 30.3 Å². The Balaban J connectivity index is 1.41. The van der Waals surface area contributed by atoms with Gasteiger partial charge in [-0.05, 0) is 31.2 Å². The second kappa shape index (κ2) is 8.73. The normalized spacial score (nSPS) is 14.4. The maximum absolute atomic E-state index is 12.6. The number of hydrogen-bond donors (Lipinski definition) is 1. The molecular weight excluding hydrogens is 414 g/mol. The van der Waals surface area contributed by atoms with Crippen LogP contribution in [0.15, 0.2) is 71.9 Å². The van der Waals surface area contributed by atoms with Crippen LogP contribution in [0.25, 0.3) is 0 Å². The van der Waals surface area contributed by atoms with Gasteiger partial charge in [0, 0.05) is 37.4 Å². The molecule has 0 unspecified atom stereocenters. The van der Waals surface area contributed by atoms with E-state index in [1.165, 1.54) is 37.1 Å². The van der Waals surface area contributed by atoms with Crippen LogP contribution in [0, 0.1) is 0 Å². The molecule has 0 aliphatic carbocycles. The van der Waals surface area contributed by atoms with Crippen LogP contribution in [0.4, 0.5) is 17.3 Å². The third-order valence-corrected chi connectivity index (χ3v) is 6.50. The number of carbonyl (C=O) groups is 1. The fourth-order valence-electron chi connectivity index (χ4n) is 3.44. The first-order valence-electron chi connectivity index (χ1n) is 9.93. The van der Waals surface area contributed by atoms with Gasteiger partial charge in [0.05, 0.1) is 23.0 Å². The molecule has 31 heavy (non-hydrogen) atoms. The number of sulfonamides is 1. The molecule has 0 spiro atoms. The minimum Gasteiger partial charge on any atom is -0.368 e. The van der Waals surface area contributed by atoms with E-state index in [0.717, 1.165) is 26.2 Å². The van der Waals surface area contributed by atoms with E-state index in [1.807, 2.05) is 18.2 Å². The minimum absolute atomic E-state index is 0.0151. The molecule has 0 bridgehead atoms. The van der Waals surface area contributed by atoms with Gasteiger partial charge >= 0.3 is 0 Å². The molecule has 2 heterocycles. The standard InChI is InChI=1S/C22H23N5O3S/c1-17(28)18-6-5-9-21(14-18)31(29,30)25-19-15-23-22(24-16-19)27-12-10-26(11-13-27)20-7-3-2-4-8-20/h2-9,14-16,25H,10-13H2,1H3. The summed E-state index contributed by atoms with van der Waals surface area (Å²) in [6.07, 6.45) is 2.91. The lowest BCUT2D eigenvalue weighted by Gasteiger charge is -2.36. The van der Waals surface area contributed by atoms with Crippen LogP contribution in [-0.2, 0) is 10.0 Å². The molecule has 1 saturated heterocycles. The molecule has 1 aromatic heterocycles. The monoisotopic (exact) mass is 437 g/mol. The second-order valence-electron chi connectivity index (χ2n) is 7.27. The van der Waals surface area contributed by atoms with E-state index < -0.39 is 10.0 Å². The van der Waals surface area contributed by atoms with Gasteiger partial charge in [-0.25, -0.2) is 18.4 Å². The predicted octanol–water partition coefficient (Wildman–Crippen LogP) is 2.81. The Morgan fingerprint density at radius 2 is 1.55 bits per heavy atom. The third kappa shape index (κ3) is 4.83. The number of piperazine rings is 1.